The molecule has 0 radical (unpaired) electrons. The number of hydrogen-bond donors (Lipinski definition) is 0. The largest absolute Gasteiger partial charge is 0.0616 e. The van der Waals surface area contributed by atoms with Crippen molar-refractivity contribution in [1.29, 1.82) is 0 Å². The van der Waals surface area contributed by atoms with Gasteiger partial charge in [-0.3, -0.25) is 0 Å². The van der Waals surface area contributed by atoms with Crippen molar-refractivity contribution in [2.45, 2.75) is 13.8 Å². The van der Waals surface area contributed by atoms with Crippen molar-refractivity contribution in [3.05, 3.63) is 181 Å². The van der Waals surface area contributed by atoms with E-state index in [1.807, 2.05) is 0 Å². The lowest BCUT2D eigenvalue weighted by molar-refractivity contribution is 1.53. The molecule has 50 heavy (non-hydrogen) atoms. The lowest BCUT2D eigenvalue weighted by Gasteiger charge is -2.22. The molecule has 0 atom stereocenters. The van der Waals surface area contributed by atoms with Gasteiger partial charge in [0.15, 0.2) is 0 Å². The fourth-order valence-corrected chi connectivity index (χ4v) is 8.71. The molecule has 0 fully saturated rings. The minimum Gasteiger partial charge on any atom is -0.0616 e. The van der Waals surface area contributed by atoms with E-state index in [-0.39, 0.29) is 0 Å². The summed E-state index contributed by atoms with van der Waals surface area (Å²) in [7, 11) is 0. The molecule has 0 heterocycles. The molecular formula is C50H34. The first-order valence-electron chi connectivity index (χ1n) is 17.5. The van der Waals surface area contributed by atoms with Gasteiger partial charge in [0.05, 0.1) is 0 Å². The van der Waals surface area contributed by atoms with E-state index in [4.69, 9.17) is 0 Å². The van der Waals surface area contributed by atoms with Crippen LogP contribution in [0.25, 0.3) is 98.0 Å². The molecule has 234 valence electrons. The zero-order valence-corrected chi connectivity index (χ0v) is 28.2. The molecule has 0 nitrogen and oxygen atoms in total. The molecule has 0 bridgehead atoms. The second-order valence-corrected chi connectivity index (χ2v) is 13.7. The molecule has 0 saturated heterocycles. The van der Waals surface area contributed by atoms with Crippen LogP contribution in [0.1, 0.15) is 11.1 Å². The van der Waals surface area contributed by atoms with Gasteiger partial charge in [0.2, 0.25) is 0 Å². The Bertz CT molecular complexity index is 2680. The van der Waals surface area contributed by atoms with Crippen molar-refractivity contribution in [1.82, 2.24) is 0 Å². The van der Waals surface area contributed by atoms with E-state index >= 15 is 0 Å². The maximum Gasteiger partial charge on any atom is -0.00139 e. The van der Waals surface area contributed by atoms with Crippen molar-refractivity contribution < 1.29 is 0 Å². The number of aryl methyl sites for hydroxylation is 2. The van der Waals surface area contributed by atoms with Gasteiger partial charge in [-0.05, 0) is 135 Å². The highest BCUT2D eigenvalue weighted by atomic mass is 14.3. The first-order chi connectivity index (χ1) is 24.7. The molecule has 0 aliphatic heterocycles. The topological polar surface area (TPSA) is 0 Å². The molecule has 0 spiro atoms. The zero-order valence-electron chi connectivity index (χ0n) is 28.2. The molecule has 0 saturated carbocycles. The number of rotatable bonds is 3. The van der Waals surface area contributed by atoms with E-state index in [0.717, 1.165) is 0 Å². The fraction of sp³-hybridized carbons (Fsp3) is 0.0400. The Labute approximate surface area is 291 Å². The molecule has 0 unspecified atom stereocenters. The van der Waals surface area contributed by atoms with Crippen molar-refractivity contribution in [3.63, 3.8) is 0 Å². The van der Waals surface area contributed by atoms with E-state index in [1.165, 1.54) is 109 Å². The van der Waals surface area contributed by atoms with Gasteiger partial charge in [-0.25, -0.2) is 0 Å². The molecule has 10 rings (SSSR count). The predicted molar refractivity (Wildman–Crippen MR) is 217 cm³/mol. The number of benzene rings is 10. The quantitative estimate of drug-likeness (QED) is 0.170. The maximum atomic E-state index is 2.38. The van der Waals surface area contributed by atoms with Crippen LogP contribution in [0.3, 0.4) is 0 Å². The molecular weight excluding hydrogens is 601 g/mol. The van der Waals surface area contributed by atoms with Crippen LogP contribution in [0.4, 0.5) is 0 Å². The van der Waals surface area contributed by atoms with Gasteiger partial charge in [0, 0.05) is 0 Å². The summed E-state index contributed by atoms with van der Waals surface area (Å²) in [6, 6.07) is 63.2. The average molecular weight is 635 g/mol. The van der Waals surface area contributed by atoms with Gasteiger partial charge < -0.3 is 0 Å². The Morgan fingerprint density at radius 2 is 0.480 bits per heavy atom. The van der Waals surface area contributed by atoms with Crippen molar-refractivity contribution in [3.8, 4) is 33.4 Å². The first-order valence-corrected chi connectivity index (χ1v) is 17.5. The summed E-state index contributed by atoms with van der Waals surface area (Å²) in [5.41, 5.74) is 10.3. The monoisotopic (exact) mass is 634 g/mol. The Morgan fingerprint density at radius 1 is 0.240 bits per heavy atom. The molecule has 0 aliphatic rings. The second kappa shape index (κ2) is 11.2. The Balaban J connectivity index is 1.36. The summed E-state index contributed by atoms with van der Waals surface area (Å²) in [5.74, 6) is 0. The van der Waals surface area contributed by atoms with E-state index in [2.05, 4.69) is 184 Å². The summed E-state index contributed by atoms with van der Waals surface area (Å²) in [6.45, 7) is 4.48. The predicted octanol–water partition coefficient (Wildman–Crippen LogP) is 14.2. The summed E-state index contributed by atoms with van der Waals surface area (Å²) in [4.78, 5) is 0. The fourth-order valence-electron chi connectivity index (χ4n) is 8.71. The number of fused-ring (bicyclic) bond motifs is 6. The van der Waals surface area contributed by atoms with Crippen LogP contribution in [-0.4, -0.2) is 0 Å². The molecule has 10 aromatic rings. The van der Waals surface area contributed by atoms with E-state index in [0.29, 0.717) is 0 Å². The summed E-state index contributed by atoms with van der Waals surface area (Å²) < 4.78 is 0. The van der Waals surface area contributed by atoms with Crippen LogP contribution >= 0.6 is 0 Å². The summed E-state index contributed by atoms with van der Waals surface area (Å²) in [6.07, 6.45) is 0. The summed E-state index contributed by atoms with van der Waals surface area (Å²) in [5, 5.41) is 15.4. The maximum absolute atomic E-state index is 2.38. The van der Waals surface area contributed by atoms with Crippen LogP contribution in [0.5, 0.6) is 0 Å². The third-order valence-corrected chi connectivity index (χ3v) is 10.8. The standard InChI is InChI=1S/C50H34/c1-31-27-35(29-33-15-3-5-17-37(31)33)47-39-19-7-11-23-43(39)49(44-24-12-8-20-40(44)47)50-45-25-13-9-21-41(45)48(42-22-10-14-26-46(42)50)36-28-32(2)38-18-6-4-16-34(38)30-36/h3-30H,1-2H3. The van der Waals surface area contributed by atoms with Gasteiger partial charge in [-0.2, -0.15) is 0 Å². The molecule has 0 aliphatic carbocycles. The Hall–Kier alpha value is -6.24. The van der Waals surface area contributed by atoms with Gasteiger partial charge in [0.25, 0.3) is 0 Å². The minimum atomic E-state index is 1.26. The van der Waals surface area contributed by atoms with Crippen molar-refractivity contribution in [2.24, 2.45) is 0 Å². The molecule has 0 amide bonds. The third kappa shape index (κ3) is 4.25. The SMILES string of the molecule is Cc1cc(-c2c3ccccc3c(-c3c4ccccc4c(-c4cc(C)c5ccccc5c4)c4ccccc34)c3ccccc23)cc2ccccc12. The van der Waals surface area contributed by atoms with Crippen LogP contribution in [0.2, 0.25) is 0 Å². The first kappa shape index (κ1) is 28.7. The molecule has 0 N–H and O–H groups in total. The molecule has 0 aromatic heterocycles. The minimum absolute atomic E-state index is 1.26. The highest BCUT2D eigenvalue weighted by molar-refractivity contribution is 6.30. The zero-order chi connectivity index (χ0) is 33.3. The normalized spacial score (nSPS) is 11.8. The Morgan fingerprint density at radius 3 is 0.780 bits per heavy atom. The molecule has 0 heteroatoms. The van der Waals surface area contributed by atoms with Gasteiger partial charge >= 0.3 is 0 Å². The highest BCUT2D eigenvalue weighted by Gasteiger charge is 2.22. The lowest BCUT2D eigenvalue weighted by atomic mass is 9.80. The van der Waals surface area contributed by atoms with Crippen LogP contribution < -0.4 is 0 Å². The van der Waals surface area contributed by atoms with E-state index in [9.17, 15) is 0 Å². The second-order valence-electron chi connectivity index (χ2n) is 13.7. The summed E-state index contributed by atoms with van der Waals surface area (Å²) >= 11 is 0. The number of hydrogen-bond acceptors (Lipinski definition) is 0. The third-order valence-electron chi connectivity index (χ3n) is 10.8. The van der Waals surface area contributed by atoms with Crippen LogP contribution in [-0.2, 0) is 0 Å². The van der Waals surface area contributed by atoms with Crippen molar-refractivity contribution in [2.75, 3.05) is 0 Å². The smallest absolute Gasteiger partial charge is 0.00139 e. The van der Waals surface area contributed by atoms with Crippen LogP contribution in [0.15, 0.2) is 170 Å². The highest BCUT2D eigenvalue weighted by Crippen LogP contribution is 2.50. The van der Waals surface area contributed by atoms with Crippen LogP contribution in [0, 0.1) is 13.8 Å². The van der Waals surface area contributed by atoms with Gasteiger partial charge in [0.1, 0.15) is 0 Å². The van der Waals surface area contributed by atoms with Gasteiger partial charge in [-0.15, -0.1) is 0 Å². The Kier molecular flexibility index (Phi) is 6.41. The van der Waals surface area contributed by atoms with E-state index in [1.54, 1.807) is 0 Å². The molecule has 10 aromatic carbocycles. The average Bonchev–Trinajstić information content (AvgIpc) is 3.16. The van der Waals surface area contributed by atoms with Crippen molar-refractivity contribution >= 4 is 64.6 Å². The van der Waals surface area contributed by atoms with Gasteiger partial charge in [-0.1, -0.05) is 158 Å². The lowest BCUT2D eigenvalue weighted by Crippen LogP contribution is -1.95. The van der Waals surface area contributed by atoms with E-state index < -0.39 is 0 Å².